The van der Waals surface area contributed by atoms with E-state index in [4.69, 9.17) is 0 Å². The molecule has 2 aliphatic rings. The maximum atomic E-state index is 4.35. The van der Waals surface area contributed by atoms with E-state index < -0.39 is 0 Å². The summed E-state index contributed by atoms with van der Waals surface area (Å²) in [5.74, 6) is 0. The third kappa shape index (κ3) is 2.47. The van der Waals surface area contributed by atoms with E-state index in [-0.39, 0.29) is 0 Å². The van der Waals surface area contributed by atoms with E-state index in [1.165, 1.54) is 22.4 Å². The first-order valence-corrected chi connectivity index (χ1v) is 8.12. The molecule has 1 aliphatic carbocycles. The van der Waals surface area contributed by atoms with Crippen LogP contribution in [0.5, 0.6) is 0 Å². The van der Waals surface area contributed by atoms with Crippen LogP contribution in [0.15, 0.2) is 49.3 Å². The van der Waals surface area contributed by atoms with Gasteiger partial charge in [0.1, 0.15) is 0 Å². The number of likely N-dealkylation sites (N-methyl/N-ethyl adjacent to an activating group) is 1. The smallest absolute Gasteiger partial charge is 0.0453 e. The van der Waals surface area contributed by atoms with Crippen molar-refractivity contribution < 1.29 is 0 Å². The van der Waals surface area contributed by atoms with Crippen LogP contribution < -0.4 is 0 Å². The largest absolute Gasteiger partial charge is 0.368 e. The summed E-state index contributed by atoms with van der Waals surface area (Å²) >= 11 is 0. The van der Waals surface area contributed by atoms with Crippen molar-refractivity contribution in [2.45, 2.75) is 0 Å². The highest BCUT2D eigenvalue weighted by molar-refractivity contribution is 5.96. The second-order valence-electron chi connectivity index (χ2n) is 6.31. The van der Waals surface area contributed by atoms with Gasteiger partial charge in [-0.3, -0.25) is 4.98 Å². The number of piperazine rings is 1. The summed E-state index contributed by atoms with van der Waals surface area (Å²) in [6, 6.07) is 10.7. The molecule has 0 N–H and O–H groups in total. The molecule has 116 valence electrons. The Labute approximate surface area is 137 Å². The molecule has 0 bridgehead atoms. The molecule has 1 aliphatic heterocycles. The maximum absolute atomic E-state index is 4.35. The van der Waals surface area contributed by atoms with Gasteiger partial charge in [0.2, 0.25) is 0 Å². The van der Waals surface area contributed by atoms with E-state index in [1.54, 1.807) is 0 Å². The van der Waals surface area contributed by atoms with Crippen LogP contribution >= 0.6 is 0 Å². The van der Waals surface area contributed by atoms with E-state index in [1.807, 2.05) is 12.4 Å². The minimum atomic E-state index is 1.06. The minimum Gasteiger partial charge on any atom is -0.368 e. The summed E-state index contributed by atoms with van der Waals surface area (Å²) in [7, 11) is 2.19. The van der Waals surface area contributed by atoms with Crippen molar-refractivity contribution in [2.24, 2.45) is 0 Å². The van der Waals surface area contributed by atoms with Crippen LogP contribution in [0.2, 0.25) is 0 Å². The average molecular weight is 303 g/mol. The maximum Gasteiger partial charge on any atom is 0.0453 e. The van der Waals surface area contributed by atoms with Crippen LogP contribution in [-0.4, -0.2) is 48.0 Å². The Hall–Kier alpha value is -2.39. The third-order valence-electron chi connectivity index (χ3n) is 4.84. The number of nitrogens with zero attached hydrogens (tertiary/aromatic N) is 3. The molecule has 4 rings (SSSR count). The van der Waals surface area contributed by atoms with Gasteiger partial charge in [0.05, 0.1) is 0 Å². The Morgan fingerprint density at radius 1 is 0.957 bits per heavy atom. The van der Waals surface area contributed by atoms with Gasteiger partial charge in [-0.05, 0) is 35.9 Å². The first-order chi connectivity index (χ1) is 11.2. The number of rotatable bonds is 1. The molecule has 1 fully saturated rings. The number of benzene rings is 1. The van der Waals surface area contributed by atoms with Gasteiger partial charge in [-0.2, -0.15) is 0 Å². The fourth-order valence-corrected chi connectivity index (χ4v) is 3.43. The van der Waals surface area contributed by atoms with E-state index in [9.17, 15) is 0 Å². The van der Waals surface area contributed by atoms with Gasteiger partial charge in [-0.15, -0.1) is 0 Å². The van der Waals surface area contributed by atoms with E-state index in [0.29, 0.717) is 0 Å². The lowest BCUT2D eigenvalue weighted by molar-refractivity contribution is 0.208. The first kappa shape index (κ1) is 14.2. The van der Waals surface area contributed by atoms with Crippen molar-refractivity contribution in [3.05, 3.63) is 71.6 Å². The average Bonchev–Trinajstić information content (AvgIpc) is 2.72. The molecular formula is C20H21N3. The highest BCUT2D eigenvalue weighted by atomic mass is 15.2. The molecule has 0 saturated carbocycles. The van der Waals surface area contributed by atoms with E-state index in [2.05, 4.69) is 64.8 Å². The van der Waals surface area contributed by atoms with Crippen LogP contribution in [0, 0.1) is 0 Å². The topological polar surface area (TPSA) is 19.4 Å². The molecule has 1 saturated heterocycles. The summed E-state index contributed by atoms with van der Waals surface area (Å²) < 4.78 is 0. The molecule has 3 heteroatoms. The van der Waals surface area contributed by atoms with Crippen molar-refractivity contribution in [1.29, 1.82) is 0 Å². The van der Waals surface area contributed by atoms with Crippen molar-refractivity contribution in [1.82, 2.24) is 14.8 Å². The normalized spacial score (nSPS) is 18.0. The van der Waals surface area contributed by atoms with Gasteiger partial charge in [-0.1, -0.05) is 30.8 Å². The van der Waals surface area contributed by atoms with Crippen LogP contribution in [0.3, 0.4) is 0 Å². The molecule has 1 aromatic carbocycles. The van der Waals surface area contributed by atoms with Crippen LogP contribution in [0.1, 0.15) is 22.3 Å². The number of pyridine rings is 1. The van der Waals surface area contributed by atoms with Gasteiger partial charge >= 0.3 is 0 Å². The fraction of sp³-hybridized carbons (Fsp3) is 0.250. The number of hydrogen-bond acceptors (Lipinski definition) is 3. The number of fused-ring (bicyclic) bond motifs is 2. The summed E-state index contributed by atoms with van der Waals surface area (Å²) in [5.41, 5.74) is 7.19. The molecule has 0 unspecified atom stereocenters. The summed E-state index contributed by atoms with van der Waals surface area (Å²) in [4.78, 5) is 9.19. The lowest BCUT2D eigenvalue weighted by Gasteiger charge is -2.36. The molecule has 0 spiro atoms. The van der Waals surface area contributed by atoms with Crippen molar-refractivity contribution in [3.63, 3.8) is 0 Å². The highest BCUT2D eigenvalue weighted by Crippen LogP contribution is 2.37. The Morgan fingerprint density at radius 2 is 1.70 bits per heavy atom. The zero-order valence-electron chi connectivity index (χ0n) is 13.5. The zero-order chi connectivity index (χ0) is 15.8. The Balaban J connectivity index is 1.88. The highest BCUT2D eigenvalue weighted by Gasteiger charge is 2.23. The lowest BCUT2D eigenvalue weighted by Crippen LogP contribution is -2.43. The molecule has 0 atom stereocenters. The van der Waals surface area contributed by atoms with Crippen molar-refractivity contribution in [2.75, 3.05) is 33.2 Å². The fourth-order valence-electron chi connectivity index (χ4n) is 3.43. The van der Waals surface area contributed by atoms with Crippen molar-refractivity contribution in [3.8, 4) is 0 Å². The zero-order valence-corrected chi connectivity index (χ0v) is 13.5. The molecule has 23 heavy (non-hydrogen) atoms. The molecule has 3 nitrogen and oxygen atoms in total. The molecule has 0 amide bonds. The Bertz CT molecular complexity index is 783. The summed E-state index contributed by atoms with van der Waals surface area (Å²) in [6.45, 7) is 8.67. The first-order valence-electron chi connectivity index (χ1n) is 8.12. The lowest BCUT2D eigenvalue weighted by atomic mass is 9.96. The van der Waals surface area contributed by atoms with Gasteiger partial charge in [-0.25, -0.2) is 0 Å². The monoisotopic (exact) mass is 303 g/mol. The van der Waals surface area contributed by atoms with Crippen molar-refractivity contribution >= 4 is 17.3 Å². The predicted octanol–water partition coefficient (Wildman–Crippen LogP) is 3.20. The van der Waals surface area contributed by atoms with Gasteiger partial charge in [0.25, 0.3) is 0 Å². The van der Waals surface area contributed by atoms with Gasteiger partial charge < -0.3 is 9.80 Å². The van der Waals surface area contributed by atoms with E-state index in [0.717, 1.165) is 37.3 Å². The van der Waals surface area contributed by atoms with Gasteiger partial charge in [0, 0.05) is 55.4 Å². The standard InChI is InChI=1S/C20H21N3/c1-15-17-5-3-4-6-18(17)20(23-11-9-22(2)10-12-23)13-16-7-8-21-14-19(15)16/h3-8,13-14H,1,9-12H2,2H3. The second kappa shape index (κ2) is 5.67. The summed E-state index contributed by atoms with van der Waals surface area (Å²) in [5, 5.41) is 0. The molecule has 2 heterocycles. The Morgan fingerprint density at radius 3 is 2.48 bits per heavy atom. The minimum absolute atomic E-state index is 1.06. The SMILES string of the molecule is C=C1c2cnccc2C=C(N2CCN(C)CC2)c2ccccc21. The molecule has 0 radical (unpaired) electrons. The van der Waals surface area contributed by atoms with Crippen LogP contribution in [-0.2, 0) is 0 Å². The second-order valence-corrected chi connectivity index (χ2v) is 6.31. The van der Waals surface area contributed by atoms with Crippen LogP contribution in [0.4, 0.5) is 0 Å². The molecule has 1 aromatic heterocycles. The third-order valence-corrected chi connectivity index (χ3v) is 4.84. The molecular weight excluding hydrogens is 282 g/mol. The van der Waals surface area contributed by atoms with Gasteiger partial charge in [0.15, 0.2) is 0 Å². The molecule has 2 aromatic rings. The quantitative estimate of drug-likeness (QED) is 0.806. The summed E-state index contributed by atoms with van der Waals surface area (Å²) in [6.07, 6.45) is 6.09. The van der Waals surface area contributed by atoms with Crippen LogP contribution in [0.25, 0.3) is 17.3 Å². The number of aromatic nitrogens is 1. The number of hydrogen-bond donors (Lipinski definition) is 0. The predicted molar refractivity (Wildman–Crippen MR) is 95.8 cm³/mol. The van der Waals surface area contributed by atoms with E-state index >= 15 is 0 Å². The Kier molecular flexibility index (Phi) is 3.50.